The van der Waals surface area contributed by atoms with Crippen LogP contribution >= 0.6 is 11.8 Å². The minimum Gasteiger partial charge on any atom is -0.305 e. The number of pyridine rings is 1. The van der Waals surface area contributed by atoms with Crippen molar-refractivity contribution in [3.63, 3.8) is 0 Å². The van der Waals surface area contributed by atoms with Crippen LogP contribution in [0.4, 0.5) is 0 Å². The third kappa shape index (κ3) is 3.54. The third-order valence-corrected chi connectivity index (χ3v) is 4.54. The molecule has 0 unspecified atom stereocenters. The molecule has 0 amide bonds. The molecule has 0 fully saturated rings. The predicted molar refractivity (Wildman–Crippen MR) is 89.7 cm³/mol. The normalized spacial score (nSPS) is 10.8. The van der Waals surface area contributed by atoms with Crippen molar-refractivity contribution in [3.05, 3.63) is 60.4 Å². The van der Waals surface area contributed by atoms with Gasteiger partial charge < -0.3 is 4.57 Å². The van der Waals surface area contributed by atoms with Crippen LogP contribution in [0.3, 0.4) is 0 Å². The topological polar surface area (TPSA) is 43.6 Å². The van der Waals surface area contributed by atoms with Gasteiger partial charge in [0, 0.05) is 30.8 Å². The van der Waals surface area contributed by atoms with Gasteiger partial charge >= 0.3 is 0 Å². The molecule has 112 valence electrons. The summed E-state index contributed by atoms with van der Waals surface area (Å²) < 4.78 is 2.03. The molecule has 2 heterocycles. The van der Waals surface area contributed by atoms with E-state index < -0.39 is 0 Å². The maximum atomic E-state index is 4.28. The lowest BCUT2D eigenvalue weighted by Gasteiger charge is -2.04. The van der Waals surface area contributed by atoms with E-state index in [1.54, 1.807) is 18.0 Å². The highest BCUT2D eigenvalue weighted by atomic mass is 32.2. The predicted octanol–water partition coefficient (Wildman–Crippen LogP) is 3.60. The van der Waals surface area contributed by atoms with E-state index in [0.717, 1.165) is 35.1 Å². The van der Waals surface area contributed by atoms with Crippen LogP contribution in [0.15, 0.2) is 60.0 Å². The second-order valence-electron chi connectivity index (χ2n) is 5.04. The Labute approximate surface area is 134 Å². The minimum atomic E-state index is 0.860. The molecule has 0 aliphatic rings. The largest absolute Gasteiger partial charge is 0.305 e. The fourth-order valence-corrected chi connectivity index (χ4v) is 3.12. The molecule has 0 N–H and O–H groups in total. The summed E-state index contributed by atoms with van der Waals surface area (Å²) in [5, 5.41) is 9.51. The number of thioether (sulfide) groups is 1. The molecular weight excluding hydrogens is 292 g/mol. The van der Waals surface area contributed by atoms with Crippen molar-refractivity contribution in [3.8, 4) is 11.4 Å². The molecule has 0 aliphatic carbocycles. The first kappa shape index (κ1) is 14.8. The Morgan fingerprint density at radius 2 is 1.91 bits per heavy atom. The van der Waals surface area contributed by atoms with E-state index in [2.05, 4.69) is 45.5 Å². The molecule has 3 rings (SSSR count). The number of nitrogens with zero attached hydrogens (tertiary/aromatic N) is 4. The summed E-state index contributed by atoms with van der Waals surface area (Å²) in [7, 11) is 2.00. The monoisotopic (exact) mass is 310 g/mol. The SMILES string of the molecule is Cn1c(SCCCc2ccccc2)nnc1-c1cccnc1. The van der Waals surface area contributed by atoms with E-state index in [1.165, 1.54) is 5.56 Å². The molecule has 22 heavy (non-hydrogen) atoms. The van der Waals surface area contributed by atoms with Gasteiger partial charge in [-0.15, -0.1) is 10.2 Å². The first-order valence-corrected chi connectivity index (χ1v) is 8.29. The van der Waals surface area contributed by atoms with E-state index >= 15 is 0 Å². The molecule has 1 aromatic carbocycles. The second-order valence-corrected chi connectivity index (χ2v) is 6.11. The summed E-state index contributed by atoms with van der Waals surface area (Å²) in [4.78, 5) is 4.13. The smallest absolute Gasteiger partial charge is 0.191 e. The Balaban J connectivity index is 1.57. The van der Waals surface area contributed by atoms with Crippen LogP contribution in [0, 0.1) is 0 Å². The van der Waals surface area contributed by atoms with E-state index in [9.17, 15) is 0 Å². The molecule has 5 heteroatoms. The van der Waals surface area contributed by atoms with Crippen LogP contribution in [0.1, 0.15) is 12.0 Å². The van der Waals surface area contributed by atoms with Gasteiger partial charge in [-0.3, -0.25) is 4.98 Å². The molecule has 0 spiro atoms. The lowest BCUT2D eigenvalue weighted by Crippen LogP contribution is -1.96. The Kier molecular flexibility index (Phi) is 4.85. The lowest BCUT2D eigenvalue weighted by molar-refractivity contribution is 0.791. The number of hydrogen-bond donors (Lipinski definition) is 0. The van der Waals surface area contributed by atoms with Crippen LogP contribution in [0.5, 0.6) is 0 Å². The van der Waals surface area contributed by atoms with Gasteiger partial charge in [-0.2, -0.15) is 0 Å². The number of aromatic nitrogens is 4. The van der Waals surface area contributed by atoms with Crippen molar-refractivity contribution in [2.75, 3.05) is 5.75 Å². The van der Waals surface area contributed by atoms with Crippen molar-refractivity contribution >= 4 is 11.8 Å². The standard InChI is InChI=1S/C17H18N4S/c1-21-16(15-10-5-11-18-13-15)19-20-17(21)22-12-6-9-14-7-3-2-4-8-14/h2-5,7-8,10-11,13H,6,9,12H2,1H3. The van der Waals surface area contributed by atoms with Gasteiger partial charge in [0.1, 0.15) is 0 Å². The summed E-state index contributed by atoms with van der Waals surface area (Å²) in [6.45, 7) is 0. The Morgan fingerprint density at radius 3 is 2.68 bits per heavy atom. The molecule has 0 saturated heterocycles. The van der Waals surface area contributed by atoms with Gasteiger partial charge in [0.2, 0.25) is 0 Å². The number of hydrogen-bond acceptors (Lipinski definition) is 4. The number of benzene rings is 1. The van der Waals surface area contributed by atoms with E-state index in [1.807, 2.05) is 29.9 Å². The fourth-order valence-electron chi connectivity index (χ4n) is 2.27. The van der Waals surface area contributed by atoms with Crippen molar-refractivity contribution in [2.24, 2.45) is 7.05 Å². The molecule has 0 saturated carbocycles. The molecule has 0 atom stereocenters. The Morgan fingerprint density at radius 1 is 1.05 bits per heavy atom. The fraction of sp³-hybridized carbons (Fsp3) is 0.235. The summed E-state index contributed by atoms with van der Waals surface area (Å²) in [6, 6.07) is 14.5. The second kappa shape index (κ2) is 7.22. The Hall–Kier alpha value is -2.14. The maximum Gasteiger partial charge on any atom is 0.191 e. The zero-order chi connectivity index (χ0) is 15.2. The van der Waals surface area contributed by atoms with Gasteiger partial charge in [-0.25, -0.2) is 0 Å². The summed E-state index contributed by atoms with van der Waals surface area (Å²) in [6.07, 6.45) is 5.80. The highest BCUT2D eigenvalue weighted by molar-refractivity contribution is 7.99. The van der Waals surface area contributed by atoms with E-state index in [-0.39, 0.29) is 0 Å². The third-order valence-electron chi connectivity index (χ3n) is 3.44. The van der Waals surface area contributed by atoms with Crippen LogP contribution < -0.4 is 0 Å². The highest BCUT2D eigenvalue weighted by Crippen LogP contribution is 2.22. The van der Waals surface area contributed by atoms with E-state index in [4.69, 9.17) is 0 Å². The Bertz CT molecular complexity index is 710. The van der Waals surface area contributed by atoms with Crippen molar-refractivity contribution < 1.29 is 0 Å². The van der Waals surface area contributed by atoms with Gasteiger partial charge in [-0.1, -0.05) is 42.1 Å². The van der Waals surface area contributed by atoms with Crippen LogP contribution in [-0.4, -0.2) is 25.5 Å². The molecule has 0 radical (unpaired) electrons. The lowest BCUT2D eigenvalue weighted by atomic mass is 10.1. The summed E-state index contributed by atoms with van der Waals surface area (Å²) >= 11 is 1.75. The van der Waals surface area contributed by atoms with E-state index in [0.29, 0.717) is 0 Å². The quantitative estimate of drug-likeness (QED) is 0.515. The number of aryl methyl sites for hydroxylation is 1. The maximum absolute atomic E-state index is 4.28. The first-order valence-electron chi connectivity index (χ1n) is 7.31. The molecule has 4 nitrogen and oxygen atoms in total. The summed E-state index contributed by atoms with van der Waals surface area (Å²) in [5.74, 6) is 1.90. The zero-order valence-electron chi connectivity index (χ0n) is 12.5. The molecule has 3 aromatic rings. The average Bonchev–Trinajstić information content (AvgIpc) is 2.94. The average molecular weight is 310 g/mol. The molecular formula is C17H18N4S. The highest BCUT2D eigenvalue weighted by Gasteiger charge is 2.10. The van der Waals surface area contributed by atoms with Gasteiger partial charge in [0.05, 0.1) is 0 Å². The first-order chi connectivity index (χ1) is 10.8. The zero-order valence-corrected chi connectivity index (χ0v) is 13.3. The van der Waals surface area contributed by atoms with Crippen LogP contribution in [-0.2, 0) is 13.5 Å². The van der Waals surface area contributed by atoms with Crippen molar-refractivity contribution in [2.45, 2.75) is 18.0 Å². The van der Waals surface area contributed by atoms with Gasteiger partial charge in [0.15, 0.2) is 11.0 Å². The summed E-state index contributed by atoms with van der Waals surface area (Å²) in [5.41, 5.74) is 2.38. The van der Waals surface area contributed by atoms with Crippen LogP contribution in [0.2, 0.25) is 0 Å². The van der Waals surface area contributed by atoms with Crippen molar-refractivity contribution in [1.82, 2.24) is 19.7 Å². The molecule has 2 aromatic heterocycles. The number of rotatable bonds is 6. The van der Waals surface area contributed by atoms with Gasteiger partial charge in [-0.05, 0) is 30.5 Å². The van der Waals surface area contributed by atoms with Gasteiger partial charge in [0.25, 0.3) is 0 Å². The molecule has 0 aliphatic heterocycles. The van der Waals surface area contributed by atoms with Crippen molar-refractivity contribution in [1.29, 1.82) is 0 Å². The molecule has 0 bridgehead atoms. The van der Waals surface area contributed by atoms with Crippen LogP contribution in [0.25, 0.3) is 11.4 Å². The minimum absolute atomic E-state index is 0.860.